The minimum atomic E-state index is -4.58. The molecule has 0 aromatic heterocycles. The van der Waals surface area contributed by atoms with E-state index in [1.165, 1.54) is 0 Å². The zero-order chi connectivity index (χ0) is 15.0. The Bertz CT molecular complexity index is 527. The lowest BCUT2D eigenvalue weighted by Gasteiger charge is -2.43. The molecule has 8 heteroatoms. The molecule has 1 fully saturated rings. The molecule has 1 aliphatic heterocycles. The van der Waals surface area contributed by atoms with Gasteiger partial charge in [0.2, 0.25) is 0 Å². The second-order valence-corrected chi connectivity index (χ2v) is 4.77. The monoisotopic (exact) mass is 292 g/mol. The van der Waals surface area contributed by atoms with E-state index < -0.39 is 29.1 Å². The first-order chi connectivity index (χ1) is 9.22. The lowest BCUT2D eigenvalue weighted by molar-refractivity contribution is -0.139. The van der Waals surface area contributed by atoms with Crippen LogP contribution in [0.2, 0.25) is 0 Å². The largest absolute Gasteiger partial charge is 0.481 e. The molecule has 20 heavy (non-hydrogen) atoms. The molecule has 0 saturated carbocycles. The van der Waals surface area contributed by atoms with E-state index in [1.807, 2.05) is 0 Å². The van der Waals surface area contributed by atoms with Crippen molar-refractivity contribution in [1.29, 1.82) is 0 Å². The molecule has 1 aromatic carbocycles. The maximum atomic E-state index is 13.6. The zero-order valence-electron chi connectivity index (χ0n) is 10.2. The van der Waals surface area contributed by atoms with Gasteiger partial charge in [-0.1, -0.05) is 0 Å². The summed E-state index contributed by atoms with van der Waals surface area (Å²) < 4.78 is 51.3. The third kappa shape index (κ3) is 3.01. The highest BCUT2D eigenvalue weighted by molar-refractivity contribution is 5.70. The number of anilines is 1. The number of hydrogen-bond donors (Lipinski definition) is 3. The van der Waals surface area contributed by atoms with Gasteiger partial charge in [-0.05, 0) is 18.2 Å². The van der Waals surface area contributed by atoms with E-state index in [1.54, 1.807) is 0 Å². The molecule has 0 bridgehead atoms. The van der Waals surface area contributed by atoms with Crippen LogP contribution >= 0.6 is 0 Å². The van der Waals surface area contributed by atoms with E-state index in [9.17, 15) is 22.4 Å². The molecule has 2 rings (SSSR count). The van der Waals surface area contributed by atoms with Crippen LogP contribution in [-0.2, 0) is 11.0 Å². The third-order valence-electron chi connectivity index (χ3n) is 3.11. The van der Waals surface area contributed by atoms with Crippen LogP contribution in [0.25, 0.3) is 0 Å². The molecular formula is C12H12F4N2O2. The second-order valence-electron chi connectivity index (χ2n) is 4.77. The first-order valence-corrected chi connectivity index (χ1v) is 5.79. The van der Waals surface area contributed by atoms with E-state index in [-0.39, 0.29) is 25.2 Å². The summed E-state index contributed by atoms with van der Waals surface area (Å²) in [6.45, 7) is 0.490. The standard InChI is InChI=1S/C12H12F4N2O2/c13-8-2-1-7(12(14,15)16)3-9(8)18-11(4-10(19)20)5-17-6-11/h1-3,17-18H,4-6H2,(H,19,20). The molecule has 0 unspecified atom stereocenters. The minimum Gasteiger partial charge on any atom is -0.481 e. The summed E-state index contributed by atoms with van der Waals surface area (Å²) in [5, 5.41) is 14.2. The fourth-order valence-electron chi connectivity index (χ4n) is 2.06. The number of hydrogen-bond acceptors (Lipinski definition) is 3. The smallest absolute Gasteiger partial charge is 0.416 e. The van der Waals surface area contributed by atoms with Gasteiger partial charge >= 0.3 is 12.1 Å². The normalized spacial score (nSPS) is 17.4. The predicted molar refractivity (Wildman–Crippen MR) is 62.9 cm³/mol. The van der Waals surface area contributed by atoms with Gasteiger partial charge in [0.1, 0.15) is 5.82 Å². The number of carbonyl (C=O) groups is 1. The number of halogens is 4. The van der Waals surface area contributed by atoms with E-state index >= 15 is 0 Å². The van der Waals surface area contributed by atoms with Crippen molar-refractivity contribution >= 4 is 11.7 Å². The van der Waals surface area contributed by atoms with E-state index in [4.69, 9.17) is 5.11 Å². The van der Waals surface area contributed by atoms with Crippen LogP contribution < -0.4 is 10.6 Å². The minimum absolute atomic E-state index is 0.245. The molecule has 0 atom stereocenters. The highest BCUT2D eigenvalue weighted by Gasteiger charge is 2.40. The SMILES string of the molecule is O=C(O)CC1(Nc2cc(C(F)(F)F)ccc2F)CNC1. The van der Waals surface area contributed by atoms with Crippen LogP contribution in [0.1, 0.15) is 12.0 Å². The Balaban J connectivity index is 2.26. The highest BCUT2D eigenvalue weighted by Crippen LogP contribution is 2.33. The predicted octanol–water partition coefficient (Wildman–Crippen LogP) is 2.07. The van der Waals surface area contributed by atoms with Crippen LogP contribution in [0, 0.1) is 5.82 Å². The molecule has 110 valence electrons. The van der Waals surface area contributed by atoms with Gasteiger partial charge in [-0.3, -0.25) is 4.79 Å². The molecule has 1 aromatic rings. The van der Waals surface area contributed by atoms with Crippen LogP contribution in [0.15, 0.2) is 18.2 Å². The molecule has 1 saturated heterocycles. The molecular weight excluding hydrogens is 280 g/mol. The topological polar surface area (TPSA) is 61.4 Å². The van der Waals surface area contributed by atoms with Crippen molar-refractivity contribution in [1.82, 2.24) is 5.32 Å². The van der Waals surface area contributed by atoms with Gasteiger partial charge < -0.3 is 15.7 Å². The van der Waals surface area contributed by atoms with Crippen molar-refractivity contribution in [3.8, 4) is 0 Å². The number of rotatable bonds is 4. The average molecular weight is 292 g/mol. The molecule has 1 heterocycles. The molecule has 4 nitrogen and oxygen atoms in total. The second kappa shape index (κ2) is 4.93. The summed E-state index contributed by atoms with van der Waals surface area (Å²) >= 11 is 0. The zero-order valence-corrected chi connectivity index (χ0v) is 10.2. The highest BCUT2D eigenvalue weighted by atomic mass is 19.4. The number of alkyl halides is 3. The van der Waals surface area contributed by atoms with Crippen molar-refractivity contribution in [3.05, 3.63) is 29.6 Å². The molecule has 3 N–H and O–H groups in total. The Labute approximate surface area is 111 Å². The Morgan fingerprint density at radius 3 is 2.50 bits per heavy atom. The number of nitrogens with one attached hydrogen (secondary N) is 2. The number of benzene rings is 1. The third-order valence-corrected chi connectivity index (χ3v) is 3.11. The van der Waals surface area contributed by atoms with Crippen molar-refractivity contribution in [2.24, 2.45) is 0 Å². The fraction of sp³-hybridized carbons (Fsp3) is 0.417. The summed E-state index contributed by atoms with van der Waals surface area (Å²) in [6.07, 6.45) is -4.89. The van der Waals surface area contributed by atoms with E-state index in [0.717, 1.165) is 0 Å². The quantitative estimate of drug-likeness (QED) is 0.744. The van der Waals surface area contributed by atoms with Crippen LogP contribution in [0.3, 0.4) is 0 Å². The van der Waals surface area contributed by atoms with Gasteiger partial charge in [0.05, 0.1) is 23.2 Å². The first-order valence-electron chi connectivity index (χ1n) is 5.79. The van der Waals surface area contributed by atoms with E-state index in [0.29, 0.717) is 18.2 Å². The van der Waals surface area contributed by atoms with Gasteiger partial charge in [-0.15, -0.1) is 0 Å². The van der Waals surface area contributed by atoms with Crippen molar-refractivity contribution in [3.63, 3.8) is 0 Å². The Hall–Kier alpha value is -1.83. The van der Waals surface area contributed by atoms with Crippen LogP contribution in [0.4, 0.5) is 23.2 Å². The van der Waals surface area contributed by atoms with Crippen molar-refractivity contribution < 1.29 is 27.5 Å². The summed E-state index contributed by atoms with van der Waals surface area (Å²) in [5.74, 6) is -1.96. The summed E-state index contributed by atoms with van der Waals surface area (Å²) in [4.78, 5) is 10.8. The lowest BCUT2D eigenvalue weighted by Crippen LogP contribution is -2.65. The number of aliphatic carboxylic acids is 1. The number of carboxylic acid groups (broad SMARTS) is 1. The summed E-state index contributed by atoms with van der Waals surface area (Å²) in [6, 6.07) is 2.01. The molecule has 0 spiro atoms. The first kappa shape index (κ1) is 14.6. The van der Waals surface area contributed by atoms with Gasteiger partial charge in [-0.25, -0.2) is 4.39 Å². The maximum absolute atomic E-state index is 13.6. The Morgan fingerprint density at radius 1 is 1.40 bits per heavy atom. The van der Waals surface area contributed by atoms with Gasteiger partial charge in [-0.2, -0.15) is 13.2 Å². The van der Waals surface area contributed by atoms with Gasteiger partial charge in [0.15, 0.2) is 0 Å². The lowest BCUT2D eigenvalue weighted by atomic mass is 9.88. The Morgan fingerprint density at radius 2 is 2.05 bits per heavy atom. The molecule has 0 aliphatic carbocycles. The molecule has 1 aliphatic rings. The maximum Gasteiger partial charge on any atom is 0.416 e. The average Bonchev–Trinajstić information content (AvgIpc) is 2.26. The van der Waals surface area contributed by atoms with Crippen LogP contribution in [0.5, 0.6) is 0 Å². The fourth-order valence-corrected chi connectivity index (χ4v) is 2.06. The Kier molecular flexibility index (Phi) is 3.59. The van der Waals surface area contributed by atoms with Crippen molar-refractivity contribution in [2.45, 2.75) is 18.1 Å². The molecule has 0 radical (unpaired) electrons. The van der Waals surface area contributed by atoms with Crippen molar-refractivity contribution in [2.75, 3.05) is 18.4 Å². The number of carboxylic acids is 1. The van der Waals surface area contributed by atoms with Gasteiger partial charge in [0, 0.05) is 13.1 Å². The van der Waals surface area contributed by atoms with E-state index in [2.05, 4.69) is 10.6 Å². The summed E-state index contributed by atoms with van der Waals surface area (Å²) in [7, 11) is 0. The summed E-state index contributed by atoms with van der Waals surface area (Å²) in [5.41, 5.74) is -2.29. The van der Waals surface area contributed by atoms with Gasteiger partial charge in [0.25, 0.3) is 0 Å². The van der Waals surface area contributed by atoms with Crippen LogP contribution in [-0.4, -0.2) is 29.7 Å². The molecule has 0 amide bonds.